The van der Waals surface area contributed by atoms with Crippen molar-refractivity contribution in [1.29, 1.82) is 0 Å². The molecule has 0 saturated heterocycles. The summed E-state index contributed by atoms with van der Waals surface area (Å²) in [5.74, 6) is 0.382. The van der Waals surface area contributed by atoms with Gasteiger partial charge >= 0.3 is 0 Å². The summed E-state index contributed by atoms with van der Waals surface area (Å²) in [5.41, 5.74) is 1.93. The number of ether oxygens (including phenoxy) is 2. The third-order valence-corrected chi connectivity index (χ3v) is 8.56. The van der Waals surface area contributed by atoms with Gasteiger partial charge in [0, 0.05) is 48.6 Å². The number of amides is 2. The number of hydrogen-bond donors (Lipinski definition) is 1. The molecule has 1 N–H and O–H groups in total. The van der Waals surface area contributed by atoms with E-state index < -0.39 is 16.1 Å². The fourth-order valence-corrected chi connectivity index (χ4v) is 6.15. The number of benzene rings is 3. The predicted molar refractivity (Wildman–Crippen MR) is 164 cm³/mol. The molecule has 2 amide bonds. The first kappa shape index (κ1) is 31.5. The summed E-state index contributed by atoms with van der Waals surface area (Å²) in [5, 5.41) is 3.68. The van der Waals surface area contributed by atoms with Crippen LogP contribution in [0.15, 0.2) is 66.7 Å². The average Bonchev–Trinajstić information content (AvgIpc) is 3.42. The van der Waals surface area contributed by atoms with Crippen LogP contribution >= 0.6 is 23.2 Å². The van der Waals surface area contributed by atoms with Gasteiger partial charge in [0.05, 0.1) is 11.9 Å². The fraction of sp³-hybridized carbons (Fsp3) is 0.333. The van der Waals surface area contributed by atoms with E-state index in [0.717, 1.165) is 11.8 Å². The number of sulfonamides is 1. The molecule has 0 bridgehead atoms. The number of nitrogens with zero attached hydrogens (tertiary/aromatic N) is 2. The van der Waals surface area contributed by atoms with Crippen molar-refractivity contribution in [3.05, 3.63) is 87.9 Å². The highest BCUT2D eigenvalue weighted by Crippen LogP contribution is 2.36. The molecular weight excluding hydrogens is 601 g/mol. The van der Waals surface area contributed by atoms with E-state index in [0.29, 0.717) is 39.3 Å². The molecule has 224 valence electrons. The molecule has 12 heteroatoms. The van der Waals surface area contributed by atoms with Crippen molar-refractivity contribution in [2.24, 2.45) is 0 Å². The number of carbonyl (C=O) groups excluding carboxylic acids is 2. The number of rotatable bonds is 13. The molecule has 1 atom stereocenters. The highest BCUT2D eigenvalue weighted by atomic mass is 35.5. The second kappa shape index (κ2) is 14.1. The molecule has 0 saturated carbocycles. The zero-order valence-corrected chi connectivity index (χ0v) is 25.7. The summed E-state index contributed by atoms with van der Waals surface area (Å²) < 4.78 is 37.4. The van der Waals surface area contributed by atoms with Crippen LogP contribution < -0.4 is 19.1 Å². The molecule has 42 heavy (non-hydrogen) atoms. The monoisotopic (exact) mass is 633 g/mol. The van der Waals surface area contributed by atoms with Crippen molar-refractivity contribution < 1.29 is 27.5 Å². The van der Waals surface area contributed by atoms with Crippen LogP contribution in [0.3, 0.4) is 0 Å². The van der Waals surface area contributed by atoms with Crippen molar-refractivity contribution in [2.75, 3.05) is 30.4 Å². The SMILES string of the molecule is CCNC(=O)[C@@H](Cc1ccccc1)N(Cc1ccc(Cl)cc1Cl)C(=O)CCCN(c1ccc2c(c1)OCO2)S(C)(=O)=O. The van der Waals surface area contributed by atoms with Crippen molar-refractivity contribution in [3.63, 3.8) is 0 Å². The Morgan fingerprint density at radius 3 is 2.43 bits per heavy atom. The highest BCUT2D eigenvalue weighted by molar-refractivity contribution is 7.92. The molecular formula is C30H33Cl2N3O6S. The van der Waals surface area contributed by atoms with Crippen LogP contribution in [0.5, 0.6) is 11.5 Å². The highest BCUT2D eigenvalue weighted by Gasteiger charge is 2.31. The van der Waals surface area contributed by atoms with Crippen LogP contribution in [-0.4, -0.2) is 57.3 Å². The summed E-state index contributed by atoms with van der Waals surface area (Å²) >= 11 is 12.6. The molecule has 1 heterocycles. The predicted octanol–water partition coefficient (Wildman–Crippen LogP) is 5.04. The second-order valence-corrected chi connectivity index (χ2v) is 12.6. The Morgan fingerprint density at radius 2 is 1.74 bits per heavy atom. The zero-order valence-electron chi connectivity index (χ0n) is 23.4. The lowest BCUT2D eigenvalue weighted by molar-refractivity contribution is -0.141. The molecule has 9 nitrogen and oxygen atoms in total. The first-order chi connectivity index (χ1) is 20.1. The number of fused-ring (bicyclic) bond motifs is 1. The third kappa shape index (κ3) is 8.08. The van der Waals surface area contributed by atoms with Gasteiger partial charge in [0.2, 0.25) is 28.6 Å². The maximum absolute atomic E-state index is 13.9. The van der Waals surface area contributed by atoms with Crippen LogP contribution in [-0.2, 0) is 32.6 Å². The van der Waals surface area contributed by atoms with Gasteiger partial charge < -0.3 is 19.7 Å². The van der Waals surface area contributed by atoms with Crippen molar-refractivity contribution >= 4 is 50.7 Å². The van der Waals surface area contributed by atoms with Gasteiger partial charge in [0.25, 0.3) is 0 Å². The molecule has 0 aromatic heterocycles. The summed E-state index contributed by atoms with van der Waals surface area (Å²) in [4.78, 5) is 28.7. The Labute approximate surface area is 256 Å². The molecule has 0 fully saturated rings. The van der Waals surface area contributed by atoms with Crippen LogP contribution in [0, 0.1) is 0 Å². The molecule has 0 radical (unpaired) electrons. The maximum atomic E-state index is 13.9. The van der Waals surface area contributed by atoms with Gasteiger partial charge in [-0.3, -0.25) is 13.9 Å². The van der Waals surface area contributed by atoms with Crippen molar-refractivity contribution in [2.45, 2.75) is 38.8 Å². The van der Waals surface area contributed by atoms with Gasteiger partial charge in [-0.05, 0) is 48.7 Å². The van der Waals surface area contributed by atoms with Gasteiger partial charge in [0.15, 0.2) is 11.5 Å². The van der Waals surface area contributed by atoms with E-state index in [1.807, 2.05) is 37.3 Å². The maximum Gasteiger partial charge on any atom is 0.243 e. The number of likely N-dealkylation sites (N-methyl/N-ethyl adjacent to an activating group) is 1. The summed E-state index contributed by atoms with van der Waals surface area (Å²) in [6.07, 6.45) is 1.60. The van der Waals surface area contributed by atoms with Gasteiger partial charge in [0.1, 0.15) is 6.04 Å². The Kier molecular flexibility index (Phi) is 10.6. The number of nitrogens with one attached hydrogen (secondary N) is 1. The lowest BCUT2D eigenvalue weighted by atomic mass is 10.0. The van der Waals surface area contributed by atoms with E-state index in [1.165, 1.54) is 9.21 Å². The van der Waals surface area contributed by atoms with Gasteiger partial charge in [-0.1, -0.05) is 59.6 Å². The van der Waals surface area contributed by atoms with E-state index in [9.17, 15) is 18.0 Å². The third-order valence-electron chi connectivity index (χ3n) is 6.77. The van der Waals surface area contributed by atoms with Crippen molar-refractivity contribution in [3.8, 4) is 11.5 Å². The van der Waals surface area contributed by atoms with Crippen LogP contribution in [0.2, 0.25) is 10.0 Å². The summed E-state index contributed by atoms with van der Waals surface area (Å²) in [6, 6.07) is 18.5. The van der Waals surface area contributed by atoms with E-state index >= 15 is 0 Å². The normalized spacial score (nSPS) is 13.0. The Hall–Kier alpha value is -3.47. The molecule has 3 aromatic carbocycles. The number of halogens is 2. The first-order valence-electron chi connectivity index (χ1n) is 13.5. The Bertz CT molecular complexity index is 1520. The topological polar surface area (TPSA) is 105 Å². The smallest absolute Gasteiger partial charge is 0.243 e. The molecule has 0 aliphatic carbocycles. The minimum absolute atomic E-state index is 0.00746. The fourth-order valence-electron chi connectivity index (χ4n) is 4.72. The van der Waals surface area contributed by atoms with Crippen LogP contribution in [0.4, 0.5) is 5.69 Å². The van der Waals surface area contributed by atoms with Gasteiger partial charge in [-0.15, -0.1) is 0 Å². The minimum Gasteiger partial charge on any atom is -0.454 e. The molecule has 1 aliphatic rings. The quantitative estimate of drug-likeness (QED) is 0.283. The molecule has 0 unspecified atom stereocenters. The molecule has 1 aliphatic heterocycles. The summed E-state index contributed by atoms with van der Waals surface area (Å²) in [7, 11) is -3.67. The van der Waals surface area contributed by atoms with Crippen LogP contribution in [0.1, 0.15) is 30.9 Å². The van der Waals surface area contributed by atoms with Gasteiger partial charge in [-0.25, -0.2) is 8.42 Å². The molecule has 3 aromatic rings. The standard InChI is InChI=1S/C30H33Cl2N3O6S/c1-3-33-30(37)26(16-21-8-5-4-6-9-21)34(19-22-11-12-23(31)17-25(22)32)29(36)10-7-15-35(42(2,38)39)24-13-14-27-28(18-24)41-20-40-27/h4-6,8-9,11-14,17-18,26H,3,7,10,15-16,19-20H2,1-2H3,(H,33,37)/t26-/m1/s1. The average molecular weight is 635 g/mol. The number of carbonyl (C=O) groups is 2. The first-order valence-corrected chi connectivity index (χ1v) is 16.1. The van der Waals surface area contributed by atoms with Crippen molar-refractivity contribution in [1.82, 2.24) is 10.2 Å². The lowest BCUT2D eigenvalue weighted by Crippen LogP contribution is -2.50. The summed E-state index contributed by atoms with van der Waals surface area (Å²) in [6.45, 7) is 2.39. The van der Waals surface area contributed by atoms with Gasteiger partial charge in [-0.2, -0.15) is 0 Å². The molecule has 0 spiro atoms. The minimum atomic E-state index is -3.67. The van der Waals surface area contributed by atoms with Crippen LogP contribution in [0.25, 0.3) is 0 Å². The number of hydrogen-bond acceptors (Lipinski definition) is 6. The van der Waals surface area contributed by atoms with E-state index in [2.05, 4.69) is 5.32 Å². The second-order valence-electron chi connectivity index (χ2n) is 9.83. The lowest BCUT2D eigenvalue weighted by Gasteiger charge is -2.32. The Morgan fingerprint density at radius 1 is 1.00 bits per heavy atom. The molecule has 4 rings (SSSR count). The Balaban J connectivity index is 1.58. The van der Waals surface area contributed by atoms with E-state index in [1.54, 1.807) is 36.4 Å². The van der Waals surface area contributed by atoms with E-state index in [-0.39, 0.29) is 51.0 Å². The number of anilines is 1. The largest absolute Gasteiger partial charge is 0.454 e. The zero-order chi connectivity index (χ0) is 30.3. The van der Waals surface area contributed by atoms with E-state index in [4.69, 9.17) is 32.7 Å².